The van der Waals surface area contributed by atoms with E-state index in [-0.39, 0.29) is 28.5 Å². The molecule has 0 N–H and O–H groups in total. The molecule has 2 aliphatic heterocycles. The van der Waals surface area contributed by atoms with Crippen molar-refractivity contribution in [1.29, 1.82) is 0 Å². The van der Waals surface area contributed by atoms with E-state index in [1.807, 2.05) is 44.7 Å². The summed E-state index contributed by atoms with van der Waals surface area (Å²) in [7, 11) is 0. The lowest BCUT2D eigenvalue weighted by Crippen LogP contribution is -2.42. The van der Waals surface area contributed by atoms with Gasteiger partial charge in [-0.3, -0.25) is 19.3 Å². The first-order valence-corrected chi connectivity index (χ1v) is 10.7. The molecular formula is C22H24N6O3. The third-order valence-electron chi connectivity index (χ3n) is 6.44. The molecule has 3 aromatic rings. The van der Waals surface area contributed by atoms with Crippen LogP contribution >= 0.6 is 0 Å². The number of piperidine rings is 1. The Morgan fingerprint density at radius 2 is 1.77 bits per heavy atom. The van der Waals surface area contributed by atoms with E-state index >= 15 is 0 Å². The number of anilines is 1. The Morgan fingerprint density at radius 1 is 1.00 bits per heavy atom. The van der Waals surface area contributed by atoms with E-state index in [2.05, 4.69) is 10.2 Å². The number of hydrogen-bond acceptors (Lipinski definition) is 6. The number of fused-ring (bicyclic) bond motifs is 1. The van der Waals surface area contributed by atoms with Crippen molar-refractivity contribution in [3.63, 3.8) is 0 Å². The lowest BCUT2D eigenvalue weighted by molar-refractivity contribution is -0.384. The normalized spacial score (nSPS) is 19.8. The monoisotopic (exact) mass is 420 g/mol. The molecule has 5 rings (SSSR count). The van der Waals surface area contributed by atoms with Gasteiger partial charge in [0, 0.05) is 37.8 Å². The zero-order valence-corrected chi connectivity index (χ0v) is 17.1. The molecule has 160 valence electrons. The summed E-state index contributed by atoms with van der Waals surface area (Å²) in [6.07, 6.45) is 5.16. The van der Waals surface area contributed by atoms with Gasteiger partial charge >= 0.3 is 0 Å². The van der Waals surface area contributed by atoms with Crippen LogP contribution in [0.1, 0.15) is 37.5 Å². The molecule has 1 aromatic carbocycles. The molecule has 1 atom stereocenters. The molecule has 0 radical (unpaired) electrons. The quantitative estimate of drug-likeness (QED) is 0.475. The van der Waals surface area contributed by atoms with E-state index in [4.69, 9.17) is 0 Å². The number of benzene rings is 1. The first kappa shape index (κ1) is 19.5. The number of rotatable bonds is 4. The molecule has 0 bridgehead atoms. The van der Waals surface area contributed by atoms with Gasteiger partial charge in [0.25, 0.3) is 5.69 Å². The number of pyridine rings is 1. The second-order valence-electron chi connectivity index (χ2n) is 8.18. The Morgan fingerprint density at radius 3 is 2.58 bits per heavy atom. The van der Waals surface area contributed by atoms with Gasteiger partial charge < -0.3 is 9.80 Å². The summed E-state index contributed by atoms with van der Waals surface area (Å²) in [6, 6.07) is 12.5. The maximum absolute atomic E-state index is 13.4. The minimum Gasteiger partial charge on any atom is -0.366 e. The molecule has 31 heavy (non-hydrogen) atoms. The van der Waals surface area contributed by atoms with Crippen molar-refractivity contribution in [3.05, 3.63) is 64.6 Å². The standard InChI is InChI=1S/C22H24N6O3/c29-22(16-10-14-25(15-11-16)17-6-1-2-7-18(17)28(30)31)26-13-5-8-19(26)21-24-23-20-9-3-4-12-27(20)21/h1-4,6-7,9,12,16,19H,5,8,10-11,13-15H2/t19-/m0/s1. The number of carbonyl (C=O) groups is 1. The van der Waals surface area contributed by atoms with E-state index < -0.39 is 0 Å². The van der Waals surface area contributed by atoms with Crippen LogP contribution in [0.25, 0.3) is 5.65 Å². The molecule has 2 aliphatic rings. The Labute approximate surface area is 179 Å². The summed E-state index contributed by atoms with van der Waals surface area (Å²) < 4.78 is 1.97. The van der Waals surface area contributed by atoms with Crippen LogP contribution in [0.15, 0.2) is 48.7 Å². The van der Waals surface area contributed by atoms with Crippen molar-refractivity contribution in [2.24, 2.45) is 5.92 Å². The van der Waals surface area contributed by atoms with E-state index in [9.17, 15) is 14.9 Å². The third kappa shape index (κ3) is 3.49. The lowest BCUT2D eigenvalue weighted by Gasteiger charge is -2.35. The number of para-hydroxylation sites is 2. The number of amides is 1. The summed E-state index contributed by atoms with van der Waals surface area (Å²) in [5.74, 6) is 0.912. The zero-order valence-electron chi connectivity index (χ0n) is 17.1. The molecule has 1 amide bonds. The van der Waals surface area contributed by atoms with Crippen molar-refractivity contribution in [2.45, 2.75) is 31.7 Å². The maximum atomic E-state index is 13.4. The number of nitro groups is 1. The Hall–Kier alpha value is -3.49. The topological polar surface area (TPSA) is 96.9 Å². The highest BCUT2D eigenvalue weighted by Gasteiger charge is 2.38. The smallest absolute Gasteiger partial charge is 0.292 e. The van der Waals surface area contributed by atoms with Crippen LogP contribution in [0.3, 0.4) is 0 Å². The highest BCUT2D eigenvalue weighted by molar-refractivity contribution is 5.80. The summed E-state index contributed by atoms with van der Waals surface area (Å²) in [6.45, 7) is 2.00. The van der Waals surface area contributed by atoms with Crippen molar-refractivity contribution in [1.82, 2.24) is 19.5 Å². The summed E-state index contributed by atoms with van der Waals surface area (Å²) >= 11 is 0. The molecule has 0 unspecified atom stereocenters. The predicted molar refractivity (Wildman–Crippen MR) is 115 cm³/mol. The molecule has 0 spiro atoms. The van der Waals surface area contributed by atoms with Crippen LogP contribution in [-0.2, 0) is 4.79 Å². The molecule has 2 fully saturated rings. The molecule has 0 aliphatic carbocycles. The number of hydrogen-bond donors (Lipinski definition) is 0. The van der Waals surface area contributed by atoms with Gasteiger partial charge in [0.15, 0.2) is 11.5 Å². The molecular weight excluding hydrogens is 396 g/mol. The molecule has 2 aromatic heterocycles. The van der Waals surface area contributed by atoms with Gasteiger partial charge in [-0.15, -0.1) is 10.2 Å². The van der Waals surface area contributed by atoms with Gasteiger partial charge in [-0.2, -0.15) is 0 Å². The van der Waals surface area contributed by atoms with Gasteiger partial charge in [0.05, 0.1) is 11.0 Å². The fourth-order valence-corrected chi connectivity index (χ4v) is 4.87. The van der Waals surface area contributed by atoms with Crippen molar-refractivity contribution >= 4 is 22.9 Å². The number of nitrogens with zero attached hydrogens (tertiary/aromatic N) is 6. The number of nitro benzene ring substituents is 1. The first-order valence-electron chi connectivity index (χ1n) is 10.7. The van der Waals surface area contributed by atoms with Gasteiger partial charge in [-0.25, -0.2) is 0 Å². The molecule has 9 nitrogen and oxygen atoms in total. The Bertz CT molecular complexity index is 1120. The van der Waals surface area contributed by atoms with Crippen LogP contribution in [0.2, 0.25) is 0 Å². The van der Waals surface area contributed by atoms with Crippen molar-refractivity contribution in [3.8, 4) is 0 Å². The Kier molecular flexibility index (Phi) is 5.01. The fraction of sp³-hybridized carbons (Fsp3) is 0.409. The van der Waals surface area contributed by atoms with E-state index in [1.165, 1.54) is 6.07 Å². The van der Waals surface area contributed by atoms with Crippen LogP contribution in [0.4, 0.5) is 11.4 Å². The summed E-state index contributed by atoms with van der Waals surface area (Å²) in [5.41, 5.74) is 1.53. The molecule has 0 saturated carbocycles. The number of aromatic nitrogens is 3. The number of likely N-dealkylation sites (tertiary alicyclic amines) is 1. The van der Waals surface area contributed by atoms with Crippen LogP contribution < -0.4 is 4.90 Å². The van der Waals surface area contributed by atoms with Crippen molar-refractivity contribution in [2.75, 3.05) is 24.5 Å². The lowest BCUT2D eigenvalue weighted by atomic mass is 9.94. The SMILES string of the molecule is O=C(C1CCN(c2ccccc2[N+](=O)[O-])CC1)N1CCC[C@H]1c1nnc2ccccn12. The van der Waals surface area contributed by atoms with Gasteiger partial charge in [0.2, 0.25) is 5.91 Å². The van der Waals surface area contributed by atoms with E-state index in [0.717, 1.165) is 30.9 Å². The summed E-state index contributed by atoms with van der Waals surface area (Å²) in [4.78, 5) is 28.4. The first-order chi connectivity index (χ1) is 15.1. The van der Waals surface area contributed by atoms with Crippen LogP contribution in [0, 0.1) is 16.0 Å². The van der Waals surface area contributed by atoms with Gasteiger partial charge in [-0.1, -0.05) is 18.2 Å². The highest BCUT2D eigenvalue weighted by Crippen LogP contribution is 2.36. The molecule has 2 saturated heterocycles. The van der Waals surface area contributed by atoms with Crippen LogP contribution in [-0.4, -0.2) is 50.0 Å². The average Bonchev–Trinajstić information content (AvgIpc) is 3.45. The maximum Gasteiger partial charge on any atom is 0.292 e. The minimum absolute atomic E-state index is 0.0573. The number of carbonyl (C=O) groups excluding carboxylic acids is 1. The second-order valence-corrected chi connectivity index (χ2v) is 8.18. The Balaban J connectivity index is 1.30. The van der Waals surface area contributed by atoms with E-state index in [0.29, 0.717) is 31.6 Å². The predicted octanol–water partition coefficient (Wildman–Crippen LogP) is 3.22. The fourth-order valence-electron chi connectivity index (χ4n) is 4.87. The van der Waals surface area contributed by atoms with Crippen LogP contribution in [0.5, 0.6) is 0 Å². The summed E-state index contributed by atoms with van der Waals surface area (Å²) in [5, 5.41) is 20.0. The highest BCUT2D eigenvalue weighted by atomic mass is 16.6. The largest absolute Gasteiger partial charge is 0.366 e. The van der Waals surface area contributed by atoms with Crippen molar-refractivity contribution < 1.29 is 9.72 Å². The molecule has 9 heteroatoms. The third-order valence-corrected chi connectivity index (χ3v) is 6.44. The average molecular weight is 420 g/mol. The molecule has 4 heterocycles. The minimum atomic E-state index is -0.343. The zero-order chi connectivity index (χ0) is 21.4. The van der Waals surface area contributed by atoms with Gasteiger partial charge in [0.1, 0.15) is 5.69 Å². The van der Waals surface area contributed by atoms with E-state index in [1.54, 1.807) is 12.1 Å². The second kappa shape index (κ2) is 7.98. The van der Waals surface area contributed by atoms with Gasteiger partial charge in [-0.05, 0) is 43.9 Å².